The molecule has 2 atom stereocenters. The molecule has 1 fully saturated rings. The van der Waals surface area contributed by atoms with E-state index in [9.17, 15) is 8.42 Å². The van der Waals surface area contributed by atoms with E-state index >= 15 is 0 Å². The topological polar surface area (TPSA) is 79.7 Å². The molecule has 1 aromatic carbocycles. The van der Waals surface area contributed by atoms with Crippen molar-refractivity contribution in [1.29, 1.82) is 0 Å². The van der Waals surface area contributed by atoms with Gasteiger partial charge in [-0.15, -0.1) is 0 Å². The van der Waals surface area contributed by atoms with E-state index in [1.165, 1.54) is 0 Å². The Morgan fingerprint density at radius 3 is 2.85 bits per heavy atom. The highest BCUT2D eigenvalue weighted by Crippen LogP contribution is 2.40. The van der Waals surface area contributed by atoms with Crippen molar-refractivity contribution in [3.8, 4) is 0 Å². The van der Waals surface area contributed by atoms with Crippen molar-refractivity contribution in [2.24, 2.45) is 0 Å². The zero-order valence-corrected chi connectivity index (χ0v) is 17.2. The summed E-state index contributed by atoms with van der Waals surface area (Å²) >= 11 is 12.4. The number of hydrogen-bond donors (Lipinski definition) is 0. The summed E-state index contributed by atoms with van der Waals surface area (Å²) in [5.41, 5.74) is 0.603. The molecule has 0 unspecified atom stereocenters. The molecule has 7 nitrogen and oxygen atoms in total. The van der Waals surface area contributed by atoms with Gasteiger partial charge in [0.2, 0.25) is 5.79 Å². The maximum absolute atomic E-state index is 11.3. The molecular formula is C17H20Cl2N2O5S. The Hall–Kier alpha value is -1.16. The molecule has 0 N–H and O–H groups in total. The third kappa shape index (κ3) is 4.82. The van der Waals surface area contributed by atoms with Gasteiger partial charge in [-0.05, 0) is 12.1 Å². The highest BCUT2D eigenvalue weighted by atomic mass is 35.5. The molecule has 2 heterocycles. The summed E-state index contributed by atoms with van der Waals surface area (Å²) in [5.74, 6) is -0.347. The number of rotatable bonds is 7. The van der Waals surface area contributed by atoms with Crippen LogP contribution in [0, 0.1) is 0 Å². The quantitative estimate of drug-likeness (QED) is 0.623. The van der Waals surface area contributed by atoms with Crippen LogP contribution in [0.25, 0.3) is 0 Å². The van der Waals surface area contributed by atoms with E-state index < -0.39 is 22.0 Å². The molecule has 148 valence electrons. The fraction of sp³-hybridized carbons (Fsp3) is 0.471. The first-order chi connectivity index (χ1) is 12.7. The van der Waals surface area contributed by atoms with Crippen LogP contribution in [0.1, 0.15) is 18.3 Å². The fourth-order valence-corrected chi connectivity index (χ4v) is 3.93. The smallest absolute Gasteiger partial charge is 0.264 e. The fourth-order valence-electron chi connectivity index (χ4n) is 2.98. The molecule has 0 saturated carbocycles. The average molecular weight is 435 g/mol. The third-order valence-electron chi connectivity index (χ3n) is 4.17. The molecule has 0 bridgehead atoms. The van der Waals surface area contributed by atoms with Gasteiger partial charge in [-0.1, -0.05) is 36.2 Å². The second kappa shape index (κ2) is 8.06. The first kappa shape index (κ1) is 20.6. The minimum atomic E-state index is -3.58. The number of aromatic nitrogens is 2. The van der Waals surface area contributed by atoms with Crippen LogP contribution in [0.3, 0.4) is 0 Å². The first-order valence-electron chi connectivity index (χ1n) is 8.34. The molecule has 1 aliphatic rings. The maximum atomic E-state index is 11.3. The van der Waals surface area contributed by atoms with Crippen molar-refractivity contribution in [2.75, 3.05) is 19.5 Å². The lowest BCUT2D eigenvalue weighted by molar-refractivity contribution is -0.189. The predicted molar refractivity (Wildman–Crippen MR) is 101 cm³/mol. The predicted octanol–water partition coefficient (Wildman–Crippen LogP) is 3.00. The lowest BCUT2D eigenvalue weighted by Gasteiger charge is -2.30. The highest BCUT2D eigenvalue weighted by molar-refractivity contribution is 7.85. The molecule has 2 aromatic rings. The Kier molecular flexibility index (Phi) is 6.14. The van der Waals surface area contributed by atoms with Crippen molar-refractivity contribution in [1.82, 2.24) is 9.55 Å². The molecule has 0 spiro atoms. The van der Waals surface area contributed by atoms with Crippen molar-refractivity contribution in [3.63, 3.8) is 0 Å². The van der Waals surface area contributed by atoms with Gasteiger partial charge in [0.15, 0.2) is 0 Å². The summed E-state index contributed by atoms with van der Waals surface area (Å²) in [6.45, 7) is 2.31. The van der Waals surface area contributed by atoms with E-state index in [-0.39, 0.29) is 13.2 Å². The zero-order valence-electron chi connectivity index (χ0n) is 14.9. The Balaban J connectivity index is 1.93. The SMILES string of the molecule is CCc1nccn1C[C@@]1(c2ccc(Cl)cc2Cl)OC[C@@H](COS(C)(=O)=O)O1. The van der Waals surface area contributed by atoms with Crippen molar-refractivity contribution >= 4 is 33.3 Å². The normalized spacial score (nSPS) is 23.0. The van der Waals surface area contributed by atoms with E-state index in [2.05, 4.69) is 4.98 Å². The van der Waals surface area contributed by atoms with Gasteiger partial charge < -0.3 is 14.0 Å². The highest BCUT2D eigenvalue weighted by Gasteiger charge is 2.45. The molecular weight excluding hydrogens is 415 g/mol. The van der Waals surface area contributed by atoms with Crippen LogP contribution in [0.2, 0.25) is 10.0 Å². The maximum Gasteiger partial charge on any atom is 0.264 e. The van der Waals surface area contributed by atoms with Crippen molar-refractivity contribution in [3.05, 3.63) is 52.0 Å². The summed E-state index contributed by atoms with van der Waals surface area (Å²) < 4.78 is 41.5. The van der Waals surface area contributed by atoms with Gasteiger partial charge in [-0.25, -0.2) is 4.98 Å². The number of aryl methyl sites for hydroxylation is 1. The standard InChI is InChI=1S/C17H20Cl2N2O5S/c1-3-16-20-6-7-21(16)11-17(14-5-4-12(18)8-15(14)19)24-9-13(26-17)10-25-27(2,22)23/h4-8,13H,3,9-11H2,1-2H3/t13-,17+/m0/s1. The van der Waals surface area contributed by atoms with Crippen LogP contribution in [-0.2, 0) is 42.5 Å². The molecule has 1 saturated heterocycles. The number of benzene rings is 1. The minimum absolute atomic E-state index is 0.143. The van der Waals surface area contributed by atoms with Gasteiger partial charge in [0.25, 0.3) is 10.1 Å². The molecule has 0 radical (unpaired) electrons. The second-order valence-electron chi connectivity index (χ2n) is 6.24. The summed E-state index contributed by atoms with van der Waals surface area (Å²) in [6, 6.07) is 5.06. The number of hydrogen-bond acceptors (Lipinski definition) is 6. The van der Waals surface area contributed by atoms with Gasteiger partial charge in [0.05, 0.1) is 31.0 Å². The second-order valence-corrected chi connectivity index (χ2v) is 8.73. The van der Waals surface area contributed by atoms with Crippen molar-refractivity contribution < 1.29 is 22.1 Å². The average Bonchev–Trinajstić information content (AvgIpc) is 3.20. The lowest BCUT2D eigenvalue weighted by Crippen LogP contribution is -2.35. The number of nitrogens with zero attached hydrogens (tertiary/aromatic N) is 2. The Bertz CT molecular complexity index is 918. The number of ether oxygens (including phenoxy) is 2. The molecule has 1 aromatic heterocycles. The Morgan fingerprint density at radius 2 is 2.19 bits per heavy atom. The largest absolute Gasteiger partial charge is 0.342 e. The summed E-state index contributed by atoms with van der Waals surface area (Å²) in [6.07, 6.45) is 4.69. The van der Waals surface area contributed by atoms with Crippen molar-refractivity contribution in [2.45, 2.75) is 31.8 Å². The molecule has 0 aliphatic carbocycles. The van der Waals surface area contributed by atoms with Gasteiger partial charge in [-0.2, -0.15) is 8.42 Å². The summed E-state index contributed by atoms with van der Waals surface area (Å²) in [7, 11) is -3.58. The van der Waals surface area contributed by atoms with Crippen LogP contribution in [0.4, 0.5) is 0 Å². The lowest BCUT2D eigenvalue weighted by atomic mass is 10.1. The number of halogens is 2. The van der Waals surface area contributed by atoms with E-state index in [4.69, 9.17) is 36.9 Å². The monoisotopic (exact) mass is 434 g/mol. The molecule has 27 heavy (non-hydrogen) atoms. The molecule has 3 rings (SSSR count). The Morgan fingerprint density at radius 1 is 1.41 bits per heavy atom. The van der Waals surface area contributed by atoms with E-state index in [0.29, 0.717) is 22.2 Å². The molecule has 0 amide bonds. The van der Waals surface area contributed by atoms with Gasteiger partial charge in [0.1, 0.15) is 11.9 Å². The van der Waals surface area contributed by atoms with Crippen LogP contribution in [0.5, 0.6) is 0 Å². The van der Waals surface area contributed by atoms with E-state index in [0.717, 1.165) is 18.5 Å². The van der Waals surface area contributed by atoms with Crippen LogP contribution in [-0.4, -0.2) is 43.5 Å². The Labute approximate surface area is 168 Å². The van der Waals surface area contributed by atoms with E-state index in [1.807, 2.05) is 17.7 Å². The van der Waals surface area contributed by atoms with Crippen LogP contribution in [0.15, 0.2) is 30.6 Å². The summed E-state index contributed by atoms with van der Waals surface area (Å²) in [5, 5.41) is 0.885. The van der Waals surface area contributed by atoms with Gasteiger partial charge in [0, 0.05) is 29.4 Å². The zero-order chi connectivity index (χ0) is 19.7. The first-order valence-corrected chi connectivity index (χ1v) is 10.9. The summed E-state index contributed by atoms with van der Waals surface area (Å²) in [4.78, 5) is 4.32. The van der Waals surface area contributed by atoms with Gasteiger partial charge >= 0.3 is 0 Å². The third-order valence-corrected chi connectivity index (χ3v) is 5.28. The van der Waals surface area contributed by atoms with Gasteiger partial charge in [-0.3, -0.25) is 4.18 Å². The number of imidazole rings is 1. The molecule has 10 heteroatoms. The van der Waals surface area contributed by atoms with E-state index in [1.54, 1.807) is 24.4 Å². The molecule has 1 aliphatic heterocycles. The minimum Gasteiger partial charge on any atom is -0.342 e. The van der Waals surface area contributed by atoms with Crippen LogP contribution >= 0.6 is 23.2 Å². The van der Waals surface area contributed by atoms with Crippen LogP contribution < -0.4 is 0 Å².